The van der Waals surface area contributed by atoms with E-state index in [0.717, 1.165) is 45.1 Å². The van der Waals surface area contributed by atoms with Gasteiger partial charge in [-0.25, -0.2) is 0 Å². The number of carbonyl (C=O) groups is 1. The molecule has 2 atom stereocenters. The quantitative estimate of drug-likeness (QED) is 0.837. The third kappa shape index (κ3) is 4.46. The lowest BCUT2D eigenvalue weighted by Gasteiger charge is -2.35. The molecular formula is C15H28N2O2. The SMILES string of the molecule is C[C@H]1CCC[C@H](CC(=O)N2CCN(CCO)CC2)C1. The van der Waals surface area contributed by atoms with E-state index >= 15 is 0 Å². The number of carbonyl (C=O) groups excluding carboxylic acids is 1. The first-order valence-corrected chi connectivity index (χ1v) is 7.80. The van der Waals surface area contributed by atoms with Crippen LogP contribution in [-0.4, -0.2) is 60.1 Å². The molecule has 2 rings (SSSR count). The normalized spacial score (nSPS) is 29.5. The molecule has 1 aliphatic heterocycles. The Balaban J connectivity index is 1.72. The average molecular weight is 268 g/mol. The van der Waals surface area contributed by atoms with Gasteiger partial charge in [0.15, 0.2) is 0 Å². The van der Waals surface area contributed by atoms with E-state index in [1.54, 1.807) is 0 Å². The molecule has 1 saturated heterocycles. The minimum Gasteiger partial charge on any atom is -0.395 e. The van der Waals surface area contributed by atoms with Crippen LogP contribution in [-0.2, 0) is 4.79 Å². The minimum atomic E-state index is 0.216. The lowest BCUT2D eigenvalue weighted by atomic mass is 9.80. The van der Waals surface area contributed by atoms with Crippen LogP contribution in [0.25, 0.3) is 0 Å². The van der Waals surface area contributed by atoms with Crippen molar-refractivity contribution in [2.75, 3.05) is 39.3 Å². The number of hydrogen-bond acceptors (Lipinski definition) is 3. The summed E-state index contributed by atoms with van der Waals surface area (Å²) in [7, 11) is 0. The van der Waals surface area contributed by atoms with Crippen LogP contribution in [0.2, 0.25) is 0 Å². The Morgan fingerprint density at radius 1 is 1.21 bits per heavy atom. The molecule has 0 unspecified atom stereocenters. The molecule has 1 saturated carbocycles. The molecule has 0 aromatic heterocycles. The molecule has 0 bridgehead atoms. The van der Waals surface area contributed by atoms with E-state index in [1.165, 1.54) is 25.7 Å². The van der Waals surface area contributed by atoms with E-state index in [-0.39, 0.29) is 6.61 Å². The van der Waals surface area contributed by atoms with E-state index in [4.69, 9.17) is 5.11 Å². The Morgan fingerprint density at radius 2 is 1.95 bits per heavy atom. The second-order valence-corrected chi connectivity index (χ2v) is 6.29. The molecular weight excluding hydrogens is 240 g/mol. The molecule has 19 heavy (non-hydrogen) atoms. The summed E-state index contributed by atoms with van der Waals surface area (Å²) in [5, 5.41) is 8.91. The maximum absolute atomic E-state index is 12.3. The molecule has 1 amide bonds. The number of piperazine rings is 1. The van der Waals surface area contributed by atoms with Crippen molar-refractivity contribution in [1.82, 2.24) is 9.80 Å². The number of rotatable bonds is 4. The van der Waals surface area contributed by atoms with Crippen LogP contribution in [0.5, 0.6) is 0 Å². The van der Waals surface area contributed by atoms with Crippen molar-refractivity contribution in [1.29, 1.82) is 0 Å². The Kier molecular flexibility index (Phi) is 5.64. The van der Waals surface area contributed by atoms with Crippen molar-refractivity contribution in [2.45, 2.75) is 39.0 Å². The van der Waals surface area contributed by atoms with E-state index in [9.17, 15) is 4.79 Å². The Hall–Kier alpha value is -0.610. The molecule has 1 aliphatic carbocycles. The first kappa shape index (κ1) is 14.8. The summed E-state index contributed by atoms with van der Waals surface area (Å²) in [6.07, 6.45) is 5.86. The Labute approximate surface area is 116 Å². The summed E-state index contributed by atoms with van der Waals surface area (Å²) < 4.78 is 0. The Bertz CT molecular complexity index is 288. The number of β-amino-alcohol motifs (C(OH)–C–C–N with tert-alkyl or cyclic N) is 1. The van der Waals surface area contributed by atoms with Crippen molar-refractivity contribution in [3.8, 4) is 0 Å². The van der Waals surface area contributed by atoms with Crippen molar-refractivity contribution in [3.63, 3.8) is 0 Å². The molecule has 1 N–H and O–H groups in total. The fourth-order valence-electron chi connectivity index (χ4n) is 3.48. The van der Waals surface area contributed by atoms with Gasteiger partial charge in [-0.15, -0.1) is 0 Å². The third-order valence-corrected chi connectivity index (χ3v) is 4.65. The van der Waals surface area contributed by atoms with Gasteiger partial charge in [0.2, 0.25) is 5.91 Å². The van der Waals surface area contributed by atoms with E-state index in [1.807, 2.05) is 4.90 Å². The third-order valence-electron chi connectivity index (χ3n) is 4.65. The van der Waals surface area contributed by atoms with Crippen LogP contribution in [0.4, 0.5) is 0 Å². The predicted octanol–water partition coefficient (Wildman–Crippen LogP) is 1.34. The van der Waals surface area contributed by atoms with Gasteiger partial charge in [-0.05, 0) is 24.7 Å². The van der Waals surface area contributed by atoms with Gasteiger partial charge in [0.05, 0.1) is 6.61 Å². The molecule has 2 aliphatic rings. The molecule has 0 spiro atoms. The van der Waals surface area contributed by atoms with Gasteiger partial charge < -0.3 is 10.0 Å². The second-order valence-electron chi connectivity index (χ2n) is 6.29. The van der Waals surface area contributed by atoms with Gasteiger partial charge in [-0.3, -0.25) is 9.69 Å². The highest BCUT2D eigenvalue weighted by Crippen LogP contribution is 2.31. The van der Waals surface area contributed by atoms with Crippen LogP contribution < -0.4 is 0 Å². The van der Waals surface area contributed by atoms with Gasteiger partial charge in [0.25, 0.3) is 0 Å². The first-order valence-electron chi connectivity index (χ1n) is 7.80. The zero-order chi connectivity index (χ0) is 13.7. The molecule has 0 aromatic carbocycles. The van der Waals surface area contributed by atoms with Crippen LogP contribution in [0.15, 0.2) is 0 Å². The maximum atomic E-state index is 12.3. The van der Waals surface area contributed by atoms with E-state index in [2.05, 4.69) is 11.8 Å². The molecule has 110 valence electrons. The molecule has 4 nitrogen and oxygen atoms in total. The van der Waals surface area contributed by atoms with Crippen molar-refractivity contribution >= 4 is 5.91 Å². The molecule has 1 heterocycles. The van der Waals surface area contributed by atoms with Crippen molar-refractivity contribution in [3.05, 3.63) is 0 Å². The van der Waals surface area contributed by atoms with Crippen molar-refractivity contribution in [2.24, 2.45) is 11.8 Å². The first-order chi connectivity index (χ1) is 9.19. The molecule has 2 fully saturated rings. The number of nitrogens with zero attached hydrogens (tertiary/aromatic N) is 2. The fourth-order valence-corrected chi connectivity index (χ4v) is 3.48. The van der Waals surface area contributed by atoms with Crippen LogP contribution in [0.1, 0.15) is 39.0 Å². The Morgan fingerprint density at radius 3 is 2.58 bits per heavy atom. The largest absolute Gasteiger partial charge is 0.395 e. The smallest absolute Gasteiger partial charge is 0.222 e. The van der Waals surface area contributed by atoms with Gasteiger partial charge >= 0.3 is 0 Å². The van der Waals surface area contributed by atoms with Gasteiger partial charge in [-0.1, -0.05) is 19.8 Å². The number of aliphatic hydroxyl groups excluding tert-OH is 1. The second kappa shape index (κ2) is 7.25. The zero-order valence-corrected chi connectivity index (χ0v) is 12.2. The standard InChI is InChI=1S/C15H28N2O2/c1-13-3-2-4-14(11-13)12-15(19)17-7-5-16(6-8-17)9-10-18/h13-14,18H,2-12H2,1H3/t13-,14-/m0/s1. The van der Waals surface area contributed by atoms with Crippen molar-refractivity contribution < 1.29 is 9.90 Å². The van der Waals surface area contributed by atoms with Gasteiger partial charge in [-0.2, -0.15) is 0 Å². The highest BCUT2D eigenvalue weighted by molar-refractivity contribution is 5.76. The lowest BCUT2D eigenvalue weighted by Crippen LogP contribution is -2.49. The summed E-state index contributed by atoms with van der Waals surface area (Å²) in [5.74, 6) is 1.77. The topological polar surface area (TPSA) is 43.8 Å². The number of aliphatic hydroxyl groups is 1. The number of amides is 1. The molecule has 0 radical (unpaired) electrons. The monoisotopic (exact) mass is 268 g/mol. The summed E-state index contributed by atoms with van der Waals surface area (Å²) in [6, 6.07) is 0. The zero-order valence-electron chi connectivity index (χ0n) is 12.2. The molecule has 0 aromatic rings. The minimum absolute atomic E-state index is 0.216. The highest BCUT2D eigenvalue weighted by atomic mass is 16.3. The van der Waals surface area contributed by atoms with E-state index in [0.29, 0.717) is 11.8 Å². The lowest BCUT2D eigenvalue weighted by molar-refractivity contribution is -0.134. The van der Waals surface area contributed by atoms with Crippen LogP contribution >= 0.6 is 0 Å². The predicted molar refractivity (Wildman–Crippen MR) is 75.8 cm³/mol. The summed E-state index contributed by atoms with van der Waals surface area (Å²) in [4.78, 5) is 16.5. The van der Waals surface area contributed by atoms with E-state index < -0.39 is 0 Å². The van der Waals surface area contributed by atoms with Crippen LogP contribution in [0.3, 0.4) is 0 Å². The van der Waals surface area contributed by atoms with Gasteiger partial charge in [0.1, 0.15) is 0 Å². The average Bonchev–Trinajstić information content (AvgIpc) is 2.40. The van der Waals surface area contributed by atoms with Crippen LogP contribution in [0, 0.1) is 11.8 Å². The summed E-state index contributed by atoms with van der Waals surface area (Å²) >= 11 is 0. The highest BCUT2D eigenvalue weighted by Gasteiger charge is 2.25. The molecule has 4 heteroatoms. The summed E-state index contributed by atoms with van der Waals surface area (Å²) in [5.41, 5.74) is 0. The summed E-state index contributed by atoms with van der Waals surface area (Å²) in [6.45, 7) is 6.75. The maximum Gasteiger partial charge on any atom is 0.222 e. The number of hydrogen-bond donors (Lipinski definition) is 1. The van der Waals surface area contributed by atoms with Gasteiger partial charge in [0, 0.05) is 39.1 Å². The fraction of sp³-hybridized carbons (Fsp3) is 0.933.